The zero-order chi connectivity index (χ0) is 15.3. The molecule has 0 saturated carbocycles. The summed E-state index contributed by atoms with van der Waals surface area (Å²) in [5.41, 5.74) is -0.0122. The second kappa shape index (κ2) is 7.16. The molecule has 3 N–H and O–H groups in total. The number of hydrogen-bond acceptors (Lipinski definition) is 4. The minimum atomic E-state index is -3.80. The highest BCUT2D eigenvalue weighted by Gasteiger charge is 2.19. The SMILES string of the molecule is CCCC(O)CNS(=O)(=O)c1ccc(C(=O)O)cc1Br. The van der Waals surface area contributed by atoms with Gasteiger partial charge in [0.1, 0.15) is 0 Å². The maximum Gasteiger partial charge on any atom is 0.335 e. The first-order valence-corrected chi connectivity index (χ1v) is 8.26. The predicted octanol–water partition coefficient (Wildman–Crippen LogP) is 1.59. The second-order valence-electron chi connectivity index (χ2n) is 4.24. The number of aliphatic hydroxyl groups excluding tert-OH is 1. The van der Waals surface area contributed by atoms with Crippen molar-refractivity contribution < 1.29 is 23.4 Å². The van der Waals surface area contributed by atoms with E-state index in [9.17, 15) is 18.3 Å². The lowest BCUT2D eigenvalue weighted by atomic mass is 10.2. The third-order valence-electron chi connectivity index (χ3n) is 2.60. The quantitative estimate of drug-likeness (QED) is 0.680. The molecule has 1 atom stereocenters. The van der Waals surface area contributed by atoms with Gasteiger partial charge in [-0.3, -0.25) is 0 Å². The number of carbonyl (C=O) groups is 1. The van der Waals surface area contributed by atoms with Crippen LogP contribution in [0.5, 0.6) is 0 Å². The molecule has 1 rings (SSSR count). The van der Waals surface area contributed by atoms with Crippen molar-refractivity contribution in [2.75, 3.05) is 6.54 Å². The smallest absolute Gasteiger partial charge is 0.335 e. The van der Waals surface area contributed by atoms with Gasteiger partial charge in [-0.25, -0.2) is 17.9 Å². The van der Waals surface area contributed by atoms with Gasteiger partial charge in [0, 0.05) is 11.0 Å². The highest BCUT2D eigenvalue weighted by atomic mass is 79.9. The number of halogens is 1. The van der Waals surface area contributed by atoms with E-state index in [0.29, 0.717) is 6.42 Å². The molecular formula is C12H16BrNO5S. The van der Waals surface area contributed by atoms with Crippen LogP contribution in [-0.2, 0) is 10.0 Å². The van der Waals surface area contributed by atoms with Gasteiger partial charge in [0.2, 0.25) is 10.0 Å². The first-order chi connectivity index (χ1) is 9.27. The van der Waals surface area contributed by atoms with Crippen LogP contribution in [0.15, 0.2) is 27.6 Å². The van der Waals surface area contributed by atoms with Crippen molar-refractivity contribution in [3.63, 3.8) is 0 Å². The maximum atomic E-state index is 12.0. The van der Waals surface area contributed by atoms with Crippen LogP contribution in [-0.4, -0.2) is 37.2 Å². The van der Waals surface area contributed by atoms with E-state index in [2.05, 4.69) is 20.7 Å². The van der Waals surface area contributed by atoms with Gasteiger partial charge in [0.05, 0.1) is 16.6 Å². The van der Waals surface area contributed by atoms with Crippen LogP contribution in [0.3, 0.4) is 0 Å². The summed E-state index contributed by atoms with van der Waals surface area (Å²) in [7, 11) is -3.80. The van der Waals surface area contributed by atoms with E-state index in [0.717, 1.165) is 6.42 Å². The monoisotopic (exact) mass is 365 g/mol. The number of hydrogen-bond donors (Lipinski definition) is 3. The Bertz CT molecular complexity index is 588. The highest BCUT2D eigenvalue weighted by Crippen LogP contribution is 2.23. The van der Waals surface area contributed by atoms with Crippen LogP contribution in [0.4, 0.5) is 0 Å². The molecule has 0 aliphatic rings. The Morgan fingerprint density at radius 3 is 2.60 bits per heavy atom. The highest BCUT2D eigenvalue weighted by molar-refractivity contribution is 9.10. The lowest BCUT2D eigenvalue weighted by molar-refractivity contribution is 0.0696. The van der Waals surface area contributed by atoms with Gasteiger partial charge in [-0.2, -0.15) is 0 Å². The van der Waals surface area contributed by atoms with Crippen LogP contribution >= 0.6 is 15.9 Å². The van der Waals surface area contributed by atoms with E-state index >= 15 is 0 Å². The molecule has 0 spiro atoms. The Kier molecular flexibility index (Phi) is 6.12. The predicted molar refractivity (Wildman–Crippen MR) is 77.2 cm³/mol. The van der Waals surface area contributed by atoms with Crippen LogP contribution in [0.1, 0.15) is 30.1 Å². The number of nitrogens with one attached hydrogen (secondary N) is 1. The van der Waals surface area contributed by atoms with Crippen molar-refractivity contribution in [1.29, 1.82) is 0 Å². The summed E-state index contributed by atoms with van der Waals surface area (Å²) in [6.07, 6.45) is 0.508. The molecule has 1 aromatic carbocycles. The first kappa shape index (κ1) is 17.1. The van der Waals surface area contributed by atoms with Gasteiger partial charge < -0.3 is 10.2 Å². The molecule has 1 aromatic rings. The fourth-order valence-corrected chi connectivity index (χ4v) is 3.72. The van der Waals surface area contributed by atoms with Crippen LogP contribution < -0.4 is 4.72 Å². The number of sulfonamides is 1. The molecular weight excluding hydrogens is 350 g/mol. The van der Waals surface area contributed by atoms with Gasteiger partial charge in [0.25, 0.3) is 0 Å². The minimum Gasteiger partial charge on any atom is -0.478 e. The number of rotatable bonds is 7. The summed E-state index contributed by atoms with van der Waals surface area (Å²) in [5, 5.41) is 18.3. The molecule has 0 aromatic heterocycles. The fraction of sp³-hybridized carbons (Fsp3) is 0.417. The van der Waals surface area contributed by atoms with Gasteiger partial charge >= 0.3 is 5.97 Å². The zero-order valence-corrected chi connectivity index (χ0v) is 13.2. The maximum absolute atomic E-state index is 12.0. The van der Waals surface area contributed by atoms with Crippen molar-refractivity contribution in [3.05, 3.63) is 28.2 Å². The lowest BCUT2D eigenvalue weighted by Crippen LogP contribution is -2.32. The Morgan fingerprint density at radius 1 is 1.45 bits per heavy atom. The van der Waals surface area contributed by atoms with E-state index in [1.807, 2.05) is 6.92 Å². The molecule has 1 unspecified atom stereocenters. The summed E-state index contributed by atoms with van der Waals surface area (Å²) in [5.74, 6) is -1.14. The molecule has 112 valence electrons. The van der Waals surface area contributed by atoms with Crippen molar-refractivity contribution in [1.82, 2.24) is 4.72 Å². The normalized spacial score (nSPS) is 13.2. The summed E-state index contributed by atoms with van der Waals surface area (Å²) >= 11 is 3.04. The number of benzene rings is 1. The zero-order valence-electron chi connectivity index (χ0n) is 10.8. The van der Waals surface area contributed by atoms with E-state index in [-0.39, 0.29) is 21.5 Å². The molecule has 0 amide bonds. The van der Waals surface area contributed by atoms with Crippen LogP contribution in [0.25, 0.3) is 0 Å². The van der Waals surface area contributed by atoms with Crippen molar-refractivity contribution in [2.45, 2.75) is 30.8 Å². The molecule has 0 radical (unpaired) electrons. The summed E-state index contributed by atoms with van der Waals surface area (Å²) < 4.78 is 26.5. The van der Waals surface area contributed by atoms with Gasteiger partial charge in [-0.15, -0.1) is 0 Å². The van der Waals surface area contributed by atoms with Crippen LogP contribution in [0.2, 0.25) is 0 Å². The summed E-state index contributed by atoms with van der Waals surface area (Å²) in [4.78, 5) is 10.7. The Hall–Kier alpha value is -0.960. The van der Waals surface area contributed by atoms with Gasteiger partial charge in [-0.05, 0) is 40.5 Å². The van der Waals surface area contributed by atoms with Crippen molar-refractivity contribution in [2.24, 2.45) is 0 Å². The molecule has 0 heterocycles. The van der Waals surface area contributed by atoms with Crippen molar-refractivity contribution in [3.8, 4) is 0 Å². The molecule has 6 nitrogen and oxygen atoms in total. The Balaban J connectivity index is 2.90. The minimum absolute atomic E-state index is 0.0122. The average molecular weight is 366 g/mol. The Labute approximate surface area is 126 Å². The second-order valence-corrected chi connectivity index (χ2v) is 6.83. The van der Waals surface area contributed by atoms with Crippen molar-refractivity contribution >= 4 is 31.9 Å². The number of carboxylic acid groups (broad SMARTS) is 1. The number of aliphatic hydroxyl groups is 1. The third-order valence-corrected chi connectivity index (χ3v) is 5.00. The molecule has 8 heteroatoms. The molecule has 0 aliphatic carbocycles. The summed E-state index contributed by atoms with van der Waals surface area (Å²) in [6, 6.07) is 3.64. The number of aromatic carboxylic acids is 1. The van der Waals surface area contributed by atoms with E-state index in [1.54, 1.807) is 0 Å². The molecule has 0 aliphatic heterocycles. The molecule has 0 saturated heterocycles. The fourth-order valence-electron chi connectivity index (χ4n) is 1.57. The third kappa shape index (κ3) is 4.55. The molecule has 20 heavy (non-hydrogen) atoms. The molecule has 0 bridgehead atoms. The van der Waals surface area contributed by atoms with E-state index in [4.69, 9.17) is 5.11 Å². The lowest BCUT2D eigenvalue weighted by Gasteiger charge is -2.12. The van der Waals surface area contributed by atoms with Gasteiger partial charge in [0.15, 0.2) is 0 Å². The van der Waals surface area contributed by atoms with Gasteiger partial charge in [-0.1, -0.05) is 13.3 Å². The van der Waals surface area contributed by atoms with E-state index < -0.39 is 22.1 Å². The average Bonchev–Trinajstić information content (AvgIpc) is 2.36. The molecule has 0 fully saturated rings. The number of carboxylic acids is 1. The van der Waals surface area contributed by atoms with Crippen LogP contribution in [0, 0.1) is 0 Å². The standard InChI is InChI=1S/C12H16BrNO5S/c1-2-3-9(15)7-14-20(18,19)11-5-4-8(12(16)17)6-10(11)13/h4-6,9,14-15H,2-3,7H2,1H3,(H,16,17). The Morgan fingerprint density at radius 2 is 2.10 bits per heavy atom. The van der Waals surface area contributed by atoms with E-state index in [1.165, 1.54) is 18.2 Å². The topological polar surface area (TPSA) is 104 Å². The summed E-state index contributed by atoms with van der Waals surface area (Å²) in [6.45, 7) is 1.81. The first-order valence-electron chi connectivity index (χ1n) is 5.98. The largest absolute Gasteiger partial charge is 0.478 e.